The van der Waals surface area contributed by atoms with Gasteiger partial charge in [-0.3, -0.25) is 0 Å². The van der Waals surface area contributed by atoms with E-state index in [0.717, 1.165) is 11.6 Å². The summed E-state index contributed by atoms with van der Waals surface area (Å²) in [5.41, 5.74) is 0. The molecule has 16 heavy (non-hydrogen) atoms. The van der Waals surface area contributed by atoms with Crippen LogP contribution in [-0.4, -0.2) is 14.8 Å². The van der Waals surface area contributed by atoms with Crippen molar-refractivity contribution in [1.29, 1.82) is 0 Å². The molecule has 1 saturated carbocycles. The molecule has 0 bridgehead atoms. The number of nitrogens with zero attached hydrogens (tertiary/aromatic N) is 3. The van der Waals surface area contributed by atoms with Crippen molar-refractivity contribution in [2.24, 2.45) is 0 Å². The van der Waals surface area contributed by atoms with Gasteiger partial charge in [0.15, 0.2) is 0 Å². The molecule has 3 nitrogen and oxygen atoms in total. The molecule has 1 aromatic rings. The van der Waals surface area contributed by atoms with Gasteiger partial charge >= 0.3 is 0 Å². The minimum atomic E-state index is 0.403. The van der Waals surface area contributed by atoms with Crippen LogP contribution in [0.5, 0.6) is 0 Å². The van der Waals surface area contributed by atoms with E-state index in [0.29, 0.717) is 17.8 Å². The van der Waals surface area contributed by atoms with Gasteiger partial charge in [0.2, 0.25) is 0 Å². The third-order valence-corrected chi connectivity index (χ3v) is 3.64. The van der Waals surface area contributed by atoms with Crippen LogP contribution in [0, 0.1) is 0 Å². The number of hydrogen-bond donors (Lipinski definition) is 0. The Bertz CT molecular complexity index is 340. The second-order valence-corrected chi connectivity index (χ2v) is 5.17. The fourth-order valence-corrected chi connectivity index (χ4v) is 2.81. The molecule has 0 saturated heterocycles. The van der Waals surface area contributed by atoms with Crippen molar-refractivity contribution in [3.05, 3.63) is 11.6 Å². The van der Waals surface area contributed by atoms with Crippen molar-refractivity contribution < 1.29 is 0 Å². The molecule has 0 aliphatic heterocycles. The lowest BCUT2D eigenvalue weighted by Crippen LogP contribution is -2.15. The highest BCUT2D eigenvalue weighted by Gasteiger charge is 2.23. The van der Waals surface area contributed by atoms with Crippen LogP contribution < -0.4 is 0 Å². The van der Waals surface area contributed by atoms with Gasteiger partial charge in [-0.1, -0.05) is 19.3 Å². The maximum Gasteiger partial charge on any atom is 0.148 e. The number of rotatable bonds is 3. The molecule has 0 radical (unpaired) electrons. The van der Waals surface area contributed by atoms with Gasteiger partial charge in [0.1, 0.15) is 11.6 Å². The zero-order valence-electron chi connectivity index (χ0n) is 10.1. The van der Waals surface area contributed by atoms with Crippen molar-refractivity contribution in [3.63, 3.8) is 0 Å². The highest BCUT2D eigenvalue weighted by molar-refractivity contribution is 6.16. The standard InChI is InChI=1S/C12H20ClN3/c1-9(2)16-11(8-13)14-15-12(16)10-6-4-3-5-7-10/h9-10H,3-8H2,1-2H3. The minimum Gasteiger partial charge on any atom is -0.311 e. The summed E-state index contributed by atoms with van der Waals surface area (Å²) in [7, 11) is 0. The van der Waals surface area contributed by atoms with Crippen molar-refractivity contribution in [2.45, 2.75) is 63.8 Å². The SMILES string of the molecule is CC(C)n1c(CCl)nnc1C1CCCCC1. The molecule has 0 N–H and O–H groups in total. The van der Waals surface area contributed by atoms with Crippen molar-refractivity contribution in [2.75, 3.05) is 0 Å². The molecule has 1 aromatic heterocycles. The molecule has 0 amide bonds. The summed E-state index contributed by atoms with van der Waals surface area (Å²) in [6, 6.07) is 0.403. The van der Waals surface area contributed by atoms with Crippen LogP contribution in [0.1, 0.15) is 69.6 Å². The van der Waals surface area contributed by atoms with Crippen molar-refractivity contribution in [3.8, 4) is 0 Å². The molecule has 1 aliphatic carbocycles. The van der Waals surface area contributed by atoms with Gasteiger partial charge < -0.3 is 4.57 Å². The number of halogens is 1. The van der Waals surface area contributed by atoms with Gasteiger partial charge in [0.25, 0.3) is 0 Å². The normalized spacial score (nSPS) is 18.2. The van der Waals surface area contributed by atoms with E-state index < -0.39 is 0 Å². The quantitative estimate of drug-likeness (QED) is 0.757. The molecular formula is C12H20ClN3. The smallest absolute Gasteiger partial charge is 0.148 e. The zero-order chi connectivity index (χ0) is 11.5. The molecular weight excluding hydrogens is 222 g/mol. The summed E-state index contributed by atoms with van der Waals surface area (Å²) in [6.45, 7) is 4.34. The number of aromatic nitrogens is 3. The lowest BCUT2D eigenvalue weighted by Gasteiger charge is -2.23. The molecule has 1 fully saturated rings. The summed E-state index contributed by atoms with van der Waals surface area (Å²) in [5.74, 6) is 3.13. The predicted molar refractivity (Wildman–Crippen MR) is 65.8 cm³/mol. The van der Waals surface area contributed by atoms with E-state index in [2.05, 4.69) is 28.6 Å². The molecule has 90 valence electrons. The average molecular weight is 242 g/mol. The first-order valence-electron chi connectivity index (χ1n) is 6.23. The Morgan fingerprint density at radius 2 is 1.94 bits per heavy atom. The Hall–Kier alpha value is -0.570. The molecule has 2 rings (SSSR count). The van der Waals surface area contributed by atoms with Crippen molar-refractivity contribution >= 4 is 11.6 Å². The number of alkyl halides is 1. The summed E-state index contributed by atoms with van der Waals surface area (Å²) in [5, 5.41) is 8.57. The average Bonchev–Trinajstić information content (AvgIpc) is 2.73. The summed E-state index contributed by atoms with van der Waals surface area (Å²) in [4.78, 5) is 0. The monoisotopic (exact) mass is 241 g/mol. The Labute approximate surface area is 102 Å². The van der Waals surface area contributed by atoms with Crippen LogP contribution in [0.15, 0.2) is 0 Å². The first kappa shape index (κ1) is 11.9. The van der Waals surface area contributed by atoms with E-state index in [1.807, 2.05) is 0 Å². The second kappa shape index (κ2) is 5.17. The van der Waals surface area contributed by atoms with Gasteiger partial charge in [0.05, 0.1) is 5.88 Å². The summed E-state index contributed by atoms with van der Waals surface area (Å²) >= 11 is 5.91. The molecule has 0 unspecified atom stereocenters. The highest BCUT2D eigenvalue weighted by atomic mass is 35.5. The second-order valence-electron chi connectivity index (χ2n) is 4.91. The van der Waals surface area contributed by atoms with Crippen LogP contribution in [0.4, 0.5) is 0 Å². The Kier molecular flexibility index (Phi) is 3.85. The van der Waals surface area contributed by atoms with E-state index in [1.54, 1.807) is 0 Å². The van der Waals surface area contributed by atoms with Gasteiger partial charge in [-0.15, -0.1) is 21.8 Å². The molecule has 1 aliphatic rings. The van der Waals surface area contributed by atoms with Gasteiger partial charge in [0, 0.05) is 12.0 Å². The van der Waals surface area contributed by atoms with Gasteiger partial charge in [-0.2, -0.15) is 0 Å². The van der Waals surface area contributed by atoms with E-state index in [1.165, 1.54) is 32.1 Å². The summed E-state index contributed by atoms with van der Waals surface area (Å²) < 4.78 is 2.23. The Morgan fingerprint density at radius 3 is 2.50 bits per heavy atom. The predicted octanol–water partition coefficient (Wildman–Crippen LogP) is 3.65. The maximum absolute atomic E-state index is 5.91. The molecule has 0 spiro atoms. The van der Waals surface area contributed by atoms with Crippen molar-refractivity contribution in [1.82, 2.24) is 14.8 Å². The van der Waals surface area contributed by atoms with Crippen LogP contribution in [0.2, 0.25) is 0 Å². The fraction of sp³-hybridized carbons (Fsp3) is 0.833. The lowest BCUT2D eigenvalue weighted by atomic mass is 9.88. The van der Waals surface area contributed by atoms with Crippen LogP contribution >= 0.6 is 11.6 Å². The lowest BCUT2D eigenvalue weighted by molar-refractivity contribution is 0.404. The van der Waals surface area contributed by atoms with E-state index in [-0.39, 0.29) is 0 Å². The molecule has 0 atom stereocenters. The third kappa shape index (κ3) is 2.24. The van der Waals surface area contributed by atoms with Crippen LogP contribution in [0.25, 0.3) is 0 Å². The first-order chi connectivity index (χ1) is 7.74. The van der Waals surface area contributed by atoms with Gasteiger partial charge in [-0.05, 0) is 26.7 Å². The highest BCUT2D eigenvalue weighted by Crippen LogP contribution is 2.33. The van der Waals surface area contributed by atoms with Crippen LogP contribution in [-0.2, 0) is 5.88 Å². The molecule has 0 aromatic carbocycles. The zero-order valence-corrected chi connectivity index (χ0v) is 10.9. The van der Waals surface area contributed by atoms with E-state index in [9.17, 15) is 0 Å². The maximum atomic E-state index is 5.91. The number of hydrogen-bond acceptors (Lipinski definition) is 2. The summed E-state index contributed by atoms with van der Waals surface area (Å²) in [6.07, 6.45) is 6.53. The largest absolute Gasteiger partial charge is 0.311 e. The minimum absolute atomic E-state index is 0.403. The Morgan fingerprint density at radius 1 is 1.25 bits per heavy atom. The topological polar surface area (TPSA) is 30.7 Å². The third-order valence-electron chi connectivity index (χ3n) is 3.40. The van der Waals surface area contributed by atoms with E-state index in [4.69, 9.17) is 11.6 Å². The fourth-order valence-electron chi connectivity index (χ4n) is 2.63. The van der Waals surface area contributed by atoms with E-state index >= 15 is 0 Å². The first-order valence-corrected chi connectivity index (χ1v) is 6.77. The van der Waals surface area contributed by atoms with Gasteiger partial charge in [-0.25, -0.2) is 0 Å². The molecule has 1 heterocycles. The Balaban J connectivity index is 2.28. The molecule has 4 heteroatoms. The van der Waals surface area contributed by atoms with Crippen LogP contribution in [0.3, 0.4) is 0 Å².